The summed E-state index contributed by atoms with van der Waals surface area (Å²) in [6.45, 7) is 26.1. The smallest absolute Gasteiger partial charge is 0.248 e. The van der Waals surface area contributed by atoms with Crippen LogP contribution in [0.5, 0.6) is 0 Å². The summed E-state index contributed by atoms with van der Waals surface area (Å²) in [6, 6.07) is -12.2. The van der Waals surface area contributed by atoms with Gasteiger partial charge in [-0.3, -0.25) is 52.7 Å². The summed E-state index contributed by atoms with van der Waals surface area (Å²) in [5, 5.41) is 21.9. The van der Waals surface area contributed by atoms with E-state index in [1.807, 2.05) is 62.3 Å². The minimum Gasteiger partial charge on any atom is -0.394 e. The Morgan fingerprint density at radius 2 is 0.841 bits per heavy atom. The van der Waals surface area contributed by atoms with E-state index >= 15 is 9.59 Å². The summed E-state index contributed by atoms with van der Waals surface area (Å²) in [5.41, 5.74) is 5.76. The third-order valence-corrected chi connectivity index (χ3v) is 17.0. The number of carbonyl (C=O) groups excluding carboxylic acids is 11. The molecule has 1 rings (SSSR count). The number of amides is 11. The molecule has 0 aliphatic carbocycles. The first-order valence-corrected chi connectivity index (χ1v) is 32.2. The first-order valence-electron chi connectivity index (χ1n) is 32.2. The van der Waals surface area contributed by atoms with Crippen LogP contribution in [0.3, 0.4) is 0 Å². The summed E-state index contributed by atoms with van der Waals surface area (Å²) in [5.74, 6) is -9.05. The number of hydrogen-bond donors (Lipinski definition) is 6. The molecule has 1 aliphatic heterocycles. The molecule has 1 aliphatic rings. The van der Waals surface area contributed by atoms with Crippen LogP contribution in [0, 0.1) is 41.4 Å². The van der Waals surface area contributed by atoms with Gasteiger partial charge in [-0.25, -0.2) is 0 Å². The van der Waals surface area contributed by atoms with Gasteiger partial charge in [0.25, 0.3) is 0 Å². The largest absolute Gasteiger partial charge is 0.394 e. The Balaban J connectivity index is 4.32. The Kier molecular flexibility index (Phi) is 34.5. The second-order valence-electron chi connectivity index (χ2n) is 27.2. The minimum atomic E-state index is -1.55. The van der Waals surface area contributed by atoms with Crippen molar-refractivity contribution in [1.82, 2.24) is 55.6 Å². The van der Waals surface area contributed by atoms with E-state index in [0.29, 0.717) is 13.0 Å². The predicted octanol–water partition coefficient (Wildman–Crippen LogP) is 3.21. The monoisotopic (exact) mass is 1250 g/mol. The van der Waals surface area contributed by atoms with Gasteiger partial charge >= 0.3 is 0 Å². The molecule has 0 aromatic heterocycles. The molecule has 1 heterocycles. The summed E-state index contributed by atoms with van der Waals surface area (Å²) in [6.07, 6.45) is 5.04. The Hall–Kier alpha value is -5.91. The standard InChI is InChI=1S/C64H118N12O12/c1-23-45-59(83)75(21)51(36-77)62(86)71(17)47(31-38(4)5)58(82)69-53(41(10)11)63(87)72(18)46(30-37(2)3)56(80)67-44(15)55(79)66-35-52(78)70(16)49(32-39(6)7)60(84)74(20)50(33-40(8)9)61(85)76(22)54(42(12)13)64(88)73(19)48(57(81)68-45)34-43(14)28-26-24-25-27-29-65/h37-51,53-54,77H,23-36,65H2,1-22H3,(H,66,79)(H,67,80)(H,68,81)(H,69,82)/t43-,44+,45+,46+,47+,48?,49-,50+,51-,53+,54+/m1/s1. The summed E-state index contributed by atoms with van der Waals surface area (Å²) >= 11 is 0. The summed E-state index contributed by atoms with van der Waals surface area (Å²) < 4.78 is 0. The van der Waals surface area contributed by atoms with E-state index in [1.54, 1.807) is 34.6 Å². The van der Waals surface area contributed by atoms with Crippen LogP contribution in [0.4, 0.5) is 0 Å². The Labute approximate surface area is 527 Å². The minimum absolute atomic E-state index is 0.0284. The lowest BCUT2D eigenvalue weighted by Gasteiger charge is -2.41. The highest BCUT2D eigenvalue weighted by molar-refractivity contribution is 5.99. The zero-order valence-electron chi connectivity index (χ0n) is 57.9. The molecule has 0 bridgehead atoms. The molecule has 0 saturated carbocycles. The fourth-order valence-electron chi connectivity index (χ4n) is 11.4. The van der Waals surface area contributed by atoms with Crippen LogP contribution >= 0.6 is 0 Å². The third-order valence-electron chi connectivity index (χ3n) is 17.0. The SMILES string of the molecule is CC[C@@H]1NC(=O)C(C[C@H](C)CCCCCCN)N(C)C(=O)[C@H](C(C)C)N(C)C(=O)[C@H](CC(C)C)N(C)C(=O)[C@@H](CC(C)C)N(C)C(=O)CNC(=O)[C@H](C)NC(=O)[C@H](CC(C)C)N(C)C(=O)[C@H](C(C)C)NC(=O)[C@H](CC(C)C)N(C)C(=O)[C@@H](CO)N(C)C1=O. The second kappa shape index (κ2) is 37.9. The van der Waals surface area contributed by atoms with Crippen molar-refractivity contribution in [1.29, 1.82) is 0 Å². The number of unbranched alkanes of at least 4 members (excludes halogenated alkanes) is 3. The van der Waals surface area contributed by atoms with Crippen molar-refractivity contribution in [2.24, 2.45) is 47.2 Å². The molecule has 1 unspecified atom stereocenters. The molecule has 0 aromatic rings. The zero-order chi connectivity index (χ0) is 67.9. The number of rotatable bonds is 20. The molecule has 11 atom stereocenters. The van der Waals surface area contributed by atoms with E-state index in [-0.39, 0.29) is 68.1 Å². The van der Waals surface area contributed by atoms with Crippen molar-refractivity contribution in [3.63, 3.8) is 0 Å². The predicted molar refractivity (Wildman–Crippen MR) is 341 cm³/mol. The zero-order valence-corrected chi connectivity index (χ0v) is 57.9. The van der Waals surface area contributed by atoms with Crippen LogP contribution in [-0.2, 0) is 52.7 Å². The highest BCUT2D eigenvalue weighted by Gasteiger charge is 2.44. The lowest BCUT2D eigenvalue weighted by atomic mass is 9.92. The summed E-state index contributed by atoms with van der Waals surface area (Å²) in [4.78, 5) is 169. The van der Waals surface area contributed by atoms with E-state index in [2.05, 4.69) is 21.3 Å². The van der Waals surface area contributed by atoms with Crippen molar-refractivity contribution in [3.8, 4) is 0 Å². The van der Waals surface area contributed by atoms with E-state index in [1.165, 1.54) is 80.8 Å². The van der Waals surface area contributed by atoms with Gasteiger partial charge in [0.15, 0.2) is 0 Å². The van der Waals surface area contributed by atoms with Gasteiger partial charge in [0, 0.05) is 49.3 Å². The highest BCUT2D eigenvalue weighted by Crippen LogP contribution is 2.26. The van der Waals surface area contributed by atoms with E-state index in [9.17, 15) is 48.3 Å². The Morgan fingerprint density at radius 1 is 0.443 bits per heavy atom. The first-order chi connectivity index (χ1) is 40.8. The average Bonchev–Trinajstić information content (AvgIpc) is 3.66. The van der Waals surface area contributed by atoms with Crippen LogP contribution in [0.25, 0.3) is 0 Å². The lowest BCUT2D eigenvalue weighted by molar-refractivity contribution is -0.156. The van der Waals surface area contributed by atoms with Crippen molar-refractivity contribution in [2.45, 2.75) is 235 Å². The normalized spacial score (nSPS) is 25.9. The average molecular weight is 1250 g/mol. The maximum Gasteiger partial charge on any atom is 0.248 e. The van der Waals surface area contributed by atoms with E-state index < -0.39 is 150 Å². The van der Waals surface area contributed by atoms with Crippen molar-refractivity contribution in [3.05, 3.63) is 0 Å². The van der Waals surface area contributed by atoms with Crippen LogP contribution in [0.1, 0.15) is 174 Å². The van der Waals surface area contributed by atoms with Gasteiger partial charge in [-0.2, -0.15) is 0 Å². The van der Waals surface area contributed by atoms with Crippen LogP contribution in [0.2, 0.25) is 0 Å². The van der Waals surface area contributed by atoms with Crippen molar-refractivity contribution >= 4 is 65.0 Å². The van der Waals surface area contributed by atoms with E-state index in [0.717, 1.165) is 35.5 Å². The number of nitrogens with one attached hydrogen (secondary N) is 4. The number of hydrogen-bond acceptors (Lipinski definition) is 13. The molecular formula is C64H118N12O12. The van der Waals surface area contributed by atoms with Gasteiger partial charge in [-0.1, -0.05) is 123 Å². The maximum atomic E-state index is 15.2. The fourth-order valence-corrected chi connectivity index (χ4v) is 11.4. The molecule has 0 spiro atoms. The quantitative estimate of drug-likeness (QED) is 0.0956. The number of likely N-dealkylation sites (N-methyl/N-ethyl adjacent to an activating group) is 7. The van der Waals surface area contributed by atoms with Crippen LogP contribution in [-0.4, -0.2) is 234 Å². The molecule has 506 valence electrons. The molecule has 88 heavy (non-hydrogen) atoms. The fraction of sp³-hybridized carbons (Fsp3) is 0.828. The molecule has 0 radical (unpaired) electrons. The molecule has 7 N–H and O–H groups in total. The number of aliphatic hydroxyl groups is 1. The molecular weight excluding hydrogens is 1130 g/mol. The molecule has 24 nitrogen and oxygen atoms in total. The molecule has 11 amide bonds. The molecule has 0 aromatic carbocycles. The molecule has 1 fully saturated rings. The second-order valence-corrected chi connectivity index (χ2v) is 27.2. The van der Waals surface area contributed by atoms with Gasteiger partial charge < -0.3 is 66.4 Å². The highest BCUT2D eigenvalue weighted by atomic mass is 16.3. The number of carbonyl (C=O) groups is 11. The van der Waals surface area contributed by atoms with E-state index in [4.69, 9.17) is 5.73 Å². The van der Waals surface area contributed by atoms with Crippen LogP contribution in [0.15, 0.2) is 0 Å². The third kappa shape index (κ3) is 23.5. The van der Waals surface area contributed by atoms with Gasteiger partial charge in [-0.05, 0) is 99.8 Å². The molecule has 24 heteroatoms. The van der Waals surface area contributed by atoms with Crippen LogP contribution < -0.4 is 27.0 Å². The topological polar surface area (TPSA) is 305 Å². The number of aliphatic hydroxyl groups excluding tert-OH is 1. The van der Waals surface area contributed by atoms with Gasteiger partial charge in [-0.15, -0.1) is 0 Å². The number of nitrogens with zero attached hydrogens (tertiary/aromatic N) is 7. The molecule has 1 saturated heterocycles. The summed E-state index contributed by atoms with van der Waals surface area (Å²) in [7, 11) is 10.0. The van der Waals surface area contributed by atoms with Gasteiger partial charge in [0.2, 0.25) is 65.0 Å². The maximum absolute atomic E-state index is 15.2. The lowest BCUT2D eigenvalue weighted by Crippen LogP contribution is -2.62. The van der Waals surface area contributed by atoms with Gasteiger partial charge in [0.05, 0.1) is 13.2 Å². The first kappa shape index (κ1) is 80.1. The Morgan fingerprint density at radius 3 is 1.31 bits per heavy atom. The van der Waals surface area contributed by atoms with Gasteiger partial charge in [0.1, 0.15) is 60.4 Å². The Bertz CT molecular complexity index is 2320. The number of nitrogens with two attached hydrogens (primary N) is 1. The van der Waals surface area contributed by atoms with Crippen molar-refractivity contribution in [2.75, 3.05) is 69.0 Å². The van der Waals surface area contributed by atoms with Crippen molar-refractivity contribution < 1.29 is 57.8 Å².